The summed E-state index contributed by atoms with van der Waals surface area (Å²) in [5.41, 5.74) is 4.09. The van der Waals surface area contributed by atoms with Gasteiger partial charge in [-0.3, -0.25) is 4.79 Å². The zero-order valence-electron chi connectivity index (χ0n) is 28.6. The summed E-state index contributed by atoms with van der Waals surface area (Å²) in [6.07, 6.45) is 6.20. The Bertz CT molecular complexity index is 1770. The molecule has 4 aromatic rings. The van der Waals surface area contributed by atoms with E-state index in [9.17, 15) is 19.8 Å². The van der Waals surface area contributed by atoms with Crippen LogP contribution in [0.3, 0.4) is 0 Å². The van der Waals surface area contributed by atoms with Crippen molar-refractivity contribution in [2.45, 2.75) is 83.0 Å². The first-order valence-electron chi connectivity index (χ1n) is 17.6. The Kier molecular flexibility index (Phi) is 10.5. The summed E-state index contributed by atoms with van der Waals surface area (Å²) >= 11 is 0. The molecule has 6 heteroatoms. The molecule has 0 radical (unpaired) electrons. The summed E-state index contributed by atoms with van der Waals surface area (Å²) in [6, 6.07) is 34.4. The van der Waals surface area contributed by atoms with E-state index < -0.39 is 17.1 Å². The Hall–Kier alpha value is -4.52. The molecule has 0 unspecified atom stereocenters. The number of fused-ring (bicyclic) bond motifs is 8. The second-order valence-electron chi connectivity index (χ2n) is 14.3. The van der Waals surface area contributed by atoms with Crippen LogP contribution in [0.25, 0.3) is 0 Å². The van der Waals surface area contributed by atoms with Gasteiger partial charge in [-0.05, 0) is 92.7 Å². The molecule has 0 spiro atoms. The zero-order valence-corrected chi connectivity index (χ0v) is 28.6. The first-order valence-corrected chi connectivity index (χ1v) is 17.6. The minimum Gasteiger partial charge on any atom is -0.393 e. The number of amides is 2. The molecule has 2 amide bonds. The fourth-order valence-electron chi connectivity index (χ4n) is 7.98. The van der Waals surface area contributed by atoms with Crippen LogP contribution in [0.1, 0.15) is 90.9 Å². The molecule has 0 saturated heterocycles. The standard InChI is InChI=1S/C43H48N2O4/c1-31-13-12-25-42(2)39(37-23-21-33(27-36(46)22-20-31)28-38(37)40(47)34-16-8-4-9-17-34)24-26-43(42,49)30-45(29-32-14-6-3-7-15-32)41(48)44-35-18-10-5-11-19-35/h3-11,13-19,21,23,28,36,39,46,49H,12,20,22,24-27,29-30H2,1-2H3,(H,44,48)/t36-,39-,42-,43+/m0/s1. The summed E-state index contributed by atoms with van der Waals surface area (Å²) in [6.45, 7) is 4.75. The number of rotatable bonds is 7. The van der Waals surface area contributed by atoms with E-state index in [1.54, 1.807) is 4.90 Å². The van der Waals surface area contributed by atoms with Crippen molar-refractivity contribution in [3.63, 3.8) is 0 Å². The van der Waals surface area contributed by atoms with Gasteiger partial charge in [0.1, 0.15) is 0 Å². The van der Waals surface area contributed by atoms with E-state index in [0.717, 1.165) is 29.5 Å². The first-order chi connectivity index (χ1) is 23.6. The van der Waals surface area contributed by atoms with Gasteiger partial charge in [0.15, 0.2) is 5.78 Å². The number of nitrogens with one attached hydrogen (secondary N) is 1. The molecule has 254 valence electrons. The van der Waals surface area contributed by atoms with Crippen molar-refractivity contribution in [2.24, 2.45) is 5.41 Å². The third-order valence-corrected chi connectivity index (χ3v) is 10.9. The molecule has 4 aromatic carbocycles. The van der Waals surface area contributed by atoms with Crippen molar-refractivity contribution in [1.82, 2.24) is 4.90 Å². The molecular formula is C43H48N2O4. The maximum absolute atomic E-state index is 14.2. The number of para-hydroxylation sites is 1. The van der Waals surface area contributed by atoms with Crippen molar-refractivity contribution in [1.29, 1.82) is 0 Å². The molecule has 7 rings (SSSR count). The van der Waals surface area contributed by atoms with Gasteiger partial charge in [0.25, 0.3) is 0 Å². The SMILES string of the molecule is CC1=CCC[C@@]2(C)[C@@H](CC[C@@]2(O)CN(Cc2ccccc2)C(=O)Nc2ccccc2)c2ccc(cc2C(=O)c2ccccc2)C[C@@H](O)CC1. The number of hydrogen-bond donors (Lipinski definition) is 3. The predicted octanol–water partition coefficient (Wildman–Crippen LogP) is 8.69. The van der Waals surface area contributed by atoms with Crippen molar-refractivity contribution < 1.29 is 19.8 Å². The molecule has 3 aliphatic carbocycles. The largest absolute Gasteiger partial charge is 0.393 e. The molecule has 1 saturated carbocycles. The van der Waals surface area contributed by atoms with Crippen molar-refractivity contribution >= 4 is 17.5 Å². The van der Waals surface area contributed by atoms with Crippen molar-refractivity contribution in [3.8, 4) is 0 Å². The van der Waals surface area contributed by atoms with E-state index in [0.29, 0.717) is 55.5 Å². The Morgan fingerprint density at radius 3 is 2.27 bits per heavy atom. The highest BCUT2D eigenvalue weighted by Crippen LogP contribution is 2.59. The molecule has 3 N–H and O–H groups in total. The number of hydrogen-bond acceptors (Lipinski definition) is 4. The van der Waals surface area contributed by atoms with E-state index in [-0.39, 0.29) is 24.3 Å². The molecule has 6 nitrogen and oxygen atoms in total. The Morgan fingerprint density at radius 1 is 0.878 bits per heavy atom. The van der Waals surface area contributed by atoms with Crippen molar-refractivity contribution in [3.05, 3.63) is 149 Å². The second kappa shape index (κ2) is 14.9. The normalized spacial score (nSPS) is 24.0. The Labute approximate surface area is 290 Å². The van der Waals surface area contributed by atoms with Crippen LogP contribution in [0.2, 0.25) is 0 Å². The molecule has 49 heavy (non-hydrogen) atoms. The van der Waals surface area contributed by atoms with E-state index >= 15 is 0 Å². The summed E-state index contributed by atoms with van der Waals surface area (Å²) in [5.74, 6) is -0.188. The number of carbonyl (C=O) groups is 2. The van der Waals surface area contributed by atoms with Crippen LogP contribution in [0.5, 0.6) is 0 Å². The Balaban J connectivity index is 1.41. The summed E-state index contributed by atoms with van der Waals surface area (Å²) in [5, 5.41) is 26.9. The Morgan fingerprint density at radius 2 is 1.55 bits per heavy atom. The third-order valence-electron chi connectivity index (χ3n) is 10.9. The average molecular weight is 657 g/mol. The number of urea groups is 1. The van der Waals surface area contributed by atoms with Gasteiger partial charge in [-0.1, -0.05) is 110 Å². The van der Waals surface area contributed by atoms with Gasteiger partial charge in [-0.2, -0.15) is 0 Å². The van der Waals surface area contributed by atoms with Gasteiger partial charge in [0.2, 0.25) is 0 Å². The fraction of sp³-hybridized carbons (Fsp3) is 0.349. The molecular weight excluding hydrogens is 608 g/mol. The highest BCUT2D eigenvalue weighted by atomic mass is 16.3. The number of aliphatic hydroxyl groups excluding tert-OH is 1. The van der Waals surface area contributed by atoms with Gasteiger partial charge in [-0.25, -0.2) is 4.79 Å². The minimum absolute atomic E-state index is 0.0551. The molecule has 2 bridgehead atoms. The topological polar surface area (TPSA) is 89.9 Å². The van der Waals surface area contributed by atoms with Crippen LogP contribution in [0.4, 0.5) is 10.5 Å². The lowest BCUT2D eigenvalue weighted by Gasteiger charge is -2.46. The van der Waals surface area contributed by atoms with Crippen LogP contribution in [0.15, 0.2) is 121 Å². The van der Waals surface area contributed by atoms with E-state index in [1.807, 2.05) is 103 Å². The van der Waals surface area contributed by atoms with E-state index in [1.165, 1.54) is 5.57 Å². The quantitative estimate of drug-likeness (QED) is 0.137. The summed E-state index contributed by atoms with van der Waals surface area (Å²) in [4.78, 5) is 29.9. The summed E-state index contributed by atoms with van der Waals surface area (Å²) in [7, 11) is 0. The van der Waals surface area contributed by atoms with Gasteiger partial charge in [0, 0.05) is 28.8 Å². The van der Waals surface area contributed by atoms with Crippen LogP contribution in [-0.4, -0.2) is 45.2 Å². The number of anilines is 1. The fourth-order valence-corrected chi connectivity index (χ4v) is 7.98. The van der Waals surface area contributed by atoms with Crippen LogP contribution < -0.4 is 5.32 Å². The number of nitrogens with zero attached hydrogens (tertiary/aromatic N) is 1. The number of benzene rings is 4. The molecule has 1 fully saturated rings. The van der Waals surface area contributed by atoms with Gasteiger partial charge < -0.3 is 20.4 Å². The molecule has 4 atom stereocenters. The highest BCUT2D eigenvalue weighted by Gasteiger charge is 2.57. The minimum atomic E-state index is -1.23. The van der Waals surface area contributed by atoms with E-state index in [2.05, 4.69) is 31.3 Å². The highest BCUT2D eigenvalue weighted by molar-refractivity contribution is 6.10. The lowest BCUT2D eigenvalue weighted by atomic mass is 9.64. The smallest absolute Gasteiger partial charge is 0.322 e. The number of aliphatic hydroxyl groups is 2. The first kappa shape index (κ1) is 34.3. The van der Waals surface area contributed by atoms with E-state index in [4.69, 9.17) is 0 Å². The number of ketones is 1. The predicted molar refractivity (Wildman–Crippen MR) is 196 cm³/mol. The zero-order chi connectivity index (χ0) is 34.4. The lowest BCUT2D eigenvalue weighted by molar-refractivity contribution is -0.0773. The molecule has 0 aromatic heterocycles. The maximum Gasteiger partial charge on any atom is 0.322 e. The van der Waals surface area contributed by atoms with Gasteiger partial charge in [0.05, 0.1) is 18.2 Å². The number of carbonyl (C=O) groups excluding carboxylic acids is 2. The maximum atomic E-state index is 14.2. The molecule has 0 aliphatic heterocycles. The van der Waals surface area contributed by atoms with Gasteiger partial charge >= 0.3 is 6.03 Å². The third kappa shape index (κ3) is 7.71. The second-order valence-corrected chi connectivity index (χ2v) is 14.3. The number of allylic oxidation sites excluding steroid dienone is 2. The average Bonchev–Trinajstić information content (AvgIpc) is 3.36. The van der Waals surface area contributed by atoms with Crippen LogP contribution in [-0.2, 0) is 13.0 Å². The van der Waals surface area contributed by atoms with Crippen molar-refractivity contribution in [2.75, 3.05) is 11.9 Å². The molecule has 3 aliphatic rings. The summed E-state index contributed by atoms with van der Waals surface area (Å²) < 4.78 is 0. The lowest BCUT2D eigenvalue weighted by Crippen LogP contribution is -2.54. The monoisotopic (exact) mass is 656 g/mol. The molecule has 0 heterocycles. The van der Waals surface area contributed by atoms with Crippen LogP contribution >= 0.6 is 0 Å². The van der Waals surface area contributed by atoms with Crippen LogP contribution in [0, 0.1) is 5.41 Å². The van der Waals surface area contributed by atoms with Gasteiger partial charge in [-0.15, -0.1) is 0 Å².